The van der Waals surface area contributed by atoms with Gasteiger partial charge in [0.15, 0.2) is 0 Å². The molecule has 1 unspecified atom stereocenters. The SMILES string of the molecule is COc1cc(C)cc(C)c1C(C)NC(=O)N(C)Cc1nc(C)cs1. The molecule has 2 aromatic rings. The molecule has 0 bridgehead atoms. The van der Waals surface area contributed by atoms with Crippen molar-refractivity contribution >= 4 is 17.4 Å². The largest absolute Gasteiger partial charge is 0.496 e. The Hall–Kier alpha value is -2.08. The number of amides is 2. The summed E-state index contributed by atoms with van der Waals surface area (Å²) in [6, 6.07) is 3.82. The molecule has 1 N–H and O–H groups in total. The van der Waals surface area contributed by atoms with E-state index < -0.39 is 0 Å². The average Bonchev–Trinajstić information content (AvgIpc) is 2.90. The first kappa shape index (κ1) is 18.3. The molecule has 2 rings (SSSR count). The fourth-order valence-corrected chi connectivity index (χ4v) is 3.61. The maximum absolute atomic E-state index is 12.5. The van der Waals surface area contributed by atoms with Gasteiger partial charge in [-0.05, 0) is 44.9 Å². The molecule has 1 aromatic carbocycles. The van der Waals surface area contributed by atoms with Gasteiger partial charge in [0, 0.05) is 23.7 Å². The van der Waals surface area contributed by atoms with Gasteiger partial charge < -0.3 is 15.0 Å². The number of aromatic nitrogens is 1. The van der Waals surface area contributed by atoms with Crippen LogP contribution in [0.5, 0.6) is 5.75 Å². The molecule has 24 heavy (non-hydrogen) atoms. The monoisotopic (exact) mass is 347 g/mol. The molecule has 5 nitrogen and oxygen atoms in total. The summed E-state index contributed by atoms with van der Waals surface area (Å²) in [5.74, 6) is 0.804. The second kappa shape index (κ2) is 7.66. The minimum atomic E-state index is -0.145. The Bertz CT molecular complexity index is 727. The Balaban J connectivity index is 2.08. The van der Waals surface area contributed by atoms with Crippen molar-refractivity contribution in [2.45, 2.75) is 40.3 Å². The van der Waals surface area contributed by atoms with Crippen LogP contribution in [0.1, 0.15) is 40.4 Å². The molecule has 0 aliphatic carbocycles. The molecular formula is C18H25N3O2S. The maximum Gasteiger partial charge on any atom is 0.317 e. The molecule has 0 aliphatic heterocycles. The predicted octanol–water partition coefficient (Wildman–Crippen LogP) is 3.98. The van der Waals surface area contributed by atoms with Crippen molar-refractivity contribution in [2.75, 3.05) is 14.2 Å². The Morgan fingerprint density at radius 3 is 2.67 bits per heavy atom. The number of benzene rings is 1. The van der Waals surface area contributed by atoms with E-state index in [0.29, 0.717) is 6.54 Å². The van der Waals surface area contributed by atoms with Crippen LogP contribution in [0.4, 0.5) is 4.79 Å². The first-order chi connectivity index (χ1) is 11.3. The number of hydrogen-bond acceptors (Lipinski definition) is 4. The molecule has 2 amide bonds. The average molecular weight is 347 g/mol. The van der Waals surface area contributed by atoms with Crippen molar-refractivity contribution in [1.29, 1.82) is 0 Å². The van der Waals surface area contributed by atoms with Crippen molar-refractivity contribution in [3.63, 3.8) is 0 Å². The lowest BCUT2D eigenvalue weighted by atomic mass is 9.99. The van der Waals surface area contributed by atoms with E-state index in [4.69, 9.17) is 4.74 Å². The fraction of sp³-hybridized carbons (Fsp3) is 0.444. The Morgan fingerprint density at radius 2 is 2.08 bits per heavy atom. The third kappa shape index (κ3) is 4.26. The van der Waals surface area contributed by atoms with E-state index in [0.717, 1.165) is 33.1 Å². The lowest BCUT2D eigenvalue weighted by molar-refractivity contribution is 0.203. The summed E-state index contributed by atoms with van der Waals surface area (Å²) in [6.07, 6.45) is 0. The van der Waals surface area contributed by atoms with E-state index >= 15 is 0 Å². The zero-order valence-electron chi connectivity index (χ0n) is 15.1. The minimum absolute atomic E-state index is 0.127. The predicted molar refractivity (Wildman–Crippen MR) is 97.7 cm³/mol. The molecule has 0 radical (unpaired) electrons. The molecule has 0 saturated heterocycles. The van der Waals surface area contributed by atoms with Crippen LogP contribution in [0.25, 0.3) is 0 Å². The van der Waals surface area contributed by atoms with Gasteiger partial charge in [0.1, 0.15) is 10.8 Å². The highest BCUT2D eigenvalue weighted by Gasteiger charge is 2.19. The summed E-state index contributed by atoms with van der Waals surface area (Å²) in [5.41, 5.74) is 4.24. The number of nitrogens with zero attached hydrogens (tertiary/aromatic N) is 2. The molecule has 1 heterocycles. The molecule has 6 heteroatoms. The fourth-order valence-electron chi connectivity index (χ4n) is 2.78. The first-order valence-electron chi connectivity index (χ1n) is 7.89. The molecule has 0 fully saturated rings. The van der Waals surface area contributed by atoms with Crippen molar-refractivity contribution in [2.24, 2.45) is 0 Å². The molecule has 130 valence electrons. The second-order valence-electron chi connectivity index (χ2n) is 6.11. The minimum Gasteiger partial charge on any atom is -0.496 e. The van der Waals surface area contributed by atoms with Crippen LogP contribution in [0.3, 0.4) is 0 Å². The van der Waals surface area contributed by atoms with Crippen molar-refractivity contribution in [1.82, 2.24) is 15.2 Å². The number of ether oxygens (including phenoxy) is 1. The number of rotatable bonds is 5. The quantitative estimate of drug-likeness (QED) is 0.890. The van der Waals surface area contributed by atoms with E-state index in [1.165, 1.54) is 0 Å². The number of thiazole rings is 1. The Kier molecular flexibility index (Phi) is 5.83. The van der Waals surface area contributed by atoms with Gasteiger partial charge >= 0.3 is 6.03 Å². The summed E-state index contributed by atoms with van der Waals surface area (Å²) >= 11 is 1.57. The van der Waals surface area contributed by atoms with Gasteiger partial charge in [-0.25, -0.2) is 9.78 Å². The van der Waals surface area contributed by atoms with Gasteiger partial charge in [-0.2, -0.15) is 0 Å². The van der Waals surface area contributed by atoms with Crippen LogP contribution in [0.15, 0.2) is 17.5 Å². The third-order valence-corrected chi connectivity index (χ3v) is 4.82. The number of nitrogens with one attached hydrogen (secondary N) is 1. The van der Waals surface area contributed by atoms with Gasteiger partial charge in [-0.3, -0.25) is 0 Å². The number of aryl methyl sites for hydroxylation is 3. The summed E-state index contributed by atoms with van der Waals surface area (Å²) in [4.78, 5) is 18.5. The van der Waals surface area contributed by atoms with Gasteiger partial charge in [-0.15, -0.1) is 11.3 Å². The highest BCUT2D eigenvalue weighted by atomic mass is 32.1. The maximum atomic E-state index is 12.5. The number of urea groups is 1. The summed E-state index contributed by atoms with van der Waals surface area (Å²) < 4.78 is 5.50. The Labute approximate surface area is 147 Å². The number of methoxy groups -OCH3 is 1. The van der Waals surface area contributed by atoms with Crippen LogP contribution in [0.2, 0.25) is 0 Å². The number of carbonyl (C=O) groups is 1. The van der Waals surface area contributed by atoms with Crippen LogP contribution in [-0.2, 0) is 6.54 Å². The van der Waals surface area contributed by atoms with Gasteiger partial charge in [0.2, 0.25) is 0 Å². The number of hydrogen-bond donors (Lipinski definition) is 1. The third-order valence-electron chi connectivity index (χ3n) is 3.87. The molecule has 1 aromatic heterocycles. The molecular weight excluding hydrogens is 322 g/mol. The first-order valence-corrected chi connectivity index (χ1v) is 8.77. The van der Waals surface area contributed by atoms with Crippen LogP contribution < -0.4 is 10.1 Å². The van der Waals surface area contributed by atoms with Crippen molar-refractivity contribution in [3.8, 4) is 5.75 Å². The van der Waals surface area contributed by atoms with E-state index in [-0.39, 0.29) is 12.1 Å². The molecule has 1 atom stereocenters. The highest BCUT2D eigenvalue weighted by Crippen LogP contribution is 2.30. The normalized spacial score (nSPS) is 11.9. The topological polar surface area (TPSA) is 54.5 Å². The summed E-state index contributed by atoms with van der Waals surface area (Å²) in [6.45, 7) is 8.50. The zero-order valence-corrected chi connectivity index (χ0v) is 16.0. The van der Waals surface area contributed by atoms with Crippen molar-refractivity contribution in [3.05, 3.63) is 44.9 Å². The van der Waals surface area contributed by atoms with E-state index in [9.17, 15) is 4.79 Å². The summed E-state index contributed by atoms with van der Waals surface area (Å²) in [5, 5.41) is 5.96. The second-order valence-corrected chi connectivity index (χ2v) is 7.05. The van der Waals surface area contributed by atoms with E-state index in [2.05, 4.69) is 16.4 Å². The molecule has 0 aliphatic rings. The molecule has 0 saturated carbocycles. The van der Waals surface area contributed by atoms with Crippen LogP contribution >= 0.6 is 11.3 Å². The Morgan fingerprint density at radius 1 is 1.38 bits per heavy atom. The molecule has 0 spiro atoms. The smallest absolute Gasteiger partial charge is 0.317 e. The lowest BCUT2D eigenvalue weighted by Gasteiger charge is -2.23. The lowest BCUT2D eigenvalue weighted by Crippen LogP contribution is -2.38. The van der Waals surface area contributed by atoms with Gasteiger partial charge in [0.25, 0.3) is 0 Å². The summed E-state index contributed by atoms with van der Waals surface area (Å²) in [7, 11) is 3.43. The zero-order chi connectivity index (χ0) is 17.9. The highest BCUT2D eigenvalue weighted by molar-refractivity contribution is 7.09. The van der Waals surface area contributed by atoms with Crippen molar-refractivity contribution < 1.29 is 9.53 Å². The van der Waals surface area contributed by atoms with Gasteiger partial charge in [-0.1, -0.05) is 6.07 Å². The van der Waals surface area contributed by atoms with E-state index in [1.54, 1.807) is 30.4 Å². The number of carbonyl (C=O) groups excluding carboxylic acids is 1. The van der Waals surface area contributed by atoms with Crippen LogP contribution in [0, 0.1) is 20.8 Å². The van der Waals surface area contributed by atoms with Gasteiger partial charge in [0.05, 0.1) is 19.7 Å². The van der Waals surface area contributed by atoms with Crippen LogP contribution in [-0.4, -0.2) is 30.1 Å². The standard InChI is InChI=1S/C18H25N3O2S/c1-11-7-12(2)17(15(8-11)23-6)14(4)20-18(22)21(5)9-16-19-13(3)10-24-16/h7-8,10,14H,9H2,1-6H3,(H,20,22). The van der Waals surface area contributed by atoms with E-state index in [1.807, 2.05) is 39.1 Å².